The number of nitrogens with one attached hydrogen (secondary N) is 1. The second-order valence-electron chi connectivity index (χ2n) is 4.95. The summed E-state index contributed by atoms with van der Waals surface area (Å²) in [5.74, 6) is 0.973. The predicted molar refractivity (Wildman–Crippen MR) is 81.9 cm³/mol. The van der Waals surface area contributed by atoms with Gasteiger partial charge in [-0.1, -0.05) is 29.5 Å². The molecule has 3 rings (SSSR count). The summed E-state index contributed by atoms with van der Waals surface area (Å²) in [5.41, 5.74) is 1.25. The summed E-state index contributed by atoms with van der Waals surface area (Å²) in [6, 6.07) is 8.16. The van der Waals surface area contributed by atoms with Crippen molar-refractivity contribution >= 4 is 11.3 Å². The first-order valence-electron chi connectivity index (χ1n) is 7.13. The molecule has 1 aliphatic rings. The fourth-order valence-corrected chi connectivity index (χ4v) is 3.18. The Morgan fingerprint density at radius 1 is 1.33 bits per heavy atom. The minimum atomic E-state index is 0.0232. The predicted octanol–water partition coefficient (Wildman–Crippen LogP) is 1.99. The molecule has 0 bridgehead atoms. The Morgan fingerprint density at radius 2 is 2.24 bits per heavy atom. The van der Waals surface area contributed by atoms with E-state index < -0.39 is 0 Å². The lowest BCUT2D eigenvalue weighted by molar-refractivity contribution is 0.199. The van der Waals surface area contributed by atoms with Crippen LogP contribution in [0.2, 0.25) is 0 Å². The smallest absolute Gasteiger partial charge is 0.158 e. The molecule has 1 aliphatic heterocycles. The van der Waals surface area contributed by atoms with Crippen molar-refractivity contribution in [2.45, 2.75) is 18.9 Å². The topological polar surface area (TPSA) is 56.3 Å². The number of rotatable bonds is 7. The van der Waals surface area contributed by atoms with Gasteiger partial charge >= 0.3 is 0 Å². The average Bonchev–Trinajstić information content (AvgIpc) is 3.13. The van der Waals surface area contributed by atoms with Gasteiger partial charge in [-0.05, 0) is 11.6 Å². The van der Waals surface area contributed by atoms with E-state index >= 15 is 0 Å². The number of nitrogens with zero attached hydrogens (tertiary/aromatic N) is 2. The van der Waals surface area contributed by atoms with E-state index in [-0.39, 0.29) is 6.10 Å². The number of hydrogen-bond donors (Lipinski definition) is 1. The van der Waals surface area contributed by atoms with E-state index in [4.69, 9.17) is 9.47 Å². The van der Waals surface area contributed by atoms with Crippen molar-refractivity contribution in [1.82, 2.24) is 15.5 Å². The molecule has 5 nitrogen and oxygen atoms in total. The van der Waals surface area contributed by atoms with Gasteiger partial charge in [-0.15, -0.1) is 10.2 Å². The molecule has 112 valence electrons. The van der Waals surface area contributed by atoms with Crippen LogP contribution in [0.15, 0.2) is 24.3 Å². The van der Waals surface area contributed by atoms with Crippen molar-refractivity contribution < 1.29 is 9.47 Å². The van der Waals surface area contributed by atoms with E-state index in [0.717, 1.165) is 48.3 Å². The maximum atomic E-state index is 5.94. The molecule has 0 aliphatic carbocycles. The summed E-state index contributed by atoms with van der Waals surface area (Å²) in [7, 11) is 1.71. The van der Waals surface area contributed by atoms with Crippen molar-refractivity contribution in [2.24, 2.45) is 0 Å². The quantitative estimate of drug-likeness (QED) is 0.793. The normalized spacial score (nSPS) is 16.7. The molecule has 1 N–H and O–H groups in total. The zero-order valence-electron chi connectivity index (χ0n) is 12.0. The molecule has 2 heterocycles. The van der Waals surface area contributed by atoms with Crippen molar-refractivity contribution in [3.05, 3.63) is 39.8 Å². The molecular formula is C15H19N3O2S. The number of methoxy groups -OCH3 is 1. The van der Waals surface area contributed by atoms with E-state index in [1.165, 1.54) is 5.56 Å². The third-order valence-corrected chi connectivity index (χ3v) is 4.48. The summed E-state index contributed by atoms with van der Waals surface area (Å²) in [4.78, 5) is 0. The lowest BCUT2D eigenvalue weighted by Gasteiger charge is -2.05. The Balaban J connectivity index is 1.52. The molecule has 1 aromatic carbocycles. The number of aromatic nitrogens is 2. The molecular weight excluding hydrogens is 286 g/mol. The Kier molecular flexibility index (Phi) is 4.80. The maximum absolute atomic E-state index is 5.94. The van der Waals surface area contributed by atoms with Crippen LogP contribution in [0.1, 0.15) is 21.7 Å². The summed E-state index contributed by atoms with van der Waals surface area (Å²) >= 11 is 1.65. The van der Waals surface area contributed by atoms with Crippen LogP contribution in [-0.2, 0) is 17.6 Å². The van der Waals surface area contributed by atoms with Crippen molar-refractivity contribution in [1.29, 1.82) is 0 Å². The highest BCUT2D eigenvalue weighted by Gasteiger charge is 2.26. The van der Waals surface area contributed by atoms with Crippen LogP contribution in [0.25, 0.3) is 0 Å². The Bertz CT molecular complexity index is 563. The van der Waals surface area contributed by atoms with Gasteiger partial charge < -0.3 is 14.8 Å². The monoisotopic (exact) mass is 305 g/mol. The minimum Gasteiger partial charge on any atom is -0.483 e. The highest BCUT2D eigenvalue weighted by molar-refractivity contribution is 7.11. The fraction of sp³-hybridized carbons (Fsp3) is 0.467. The molecule has 1 aromatic heterocycles. The summed E-state index contributed by atoms with van der Waals surface area (Å²) in [6.45, 7) is 2.49. The first-order chi connectivity index (χ1) is 10.4. The average molecular weight is 305 g/mol. The first-order valence-corrected chi connectivity index (χ1v) is 7.95. The van der Waals surface area contributed by atoms with Gasteiger partial charge in [0.2, 0.25) is 0 Å². The summed E-state index contributed by atoms with van der Waals surface area (Å²) < 4.78 is 10.9. The van der Waals surface area contributed by atoms with Gasteiger partial charge in [0.25, 0.3) is 0 Å². The minimum absolute atomic E-state index is 0.0232. The largest absolute Gasteiger partial charge is 0.483 e. The maximum Gasteiger partial charge on any atom is 0.158 e. The van der Waals surface area contributed by atoms with Crippen molar-refractivity contribution in [3.8, 4) is 5.75 Å². The van der Waals surface area contributed by atoms with Crippen molar-refractivity contribution in [2.75, 3.05) is 26.8 Å². The lowest BCUT2D eigenvalue weighted by Crippen LogP contribution is -2.21. The van der Waals surface area contributed by atoms with E-state index in [9.17, 15) is 0 Å². The second kappa shape index (κ2) is 6.98. The van der Waals surface area contributed by atoms with E-state index in [1.807, 2.05) is 18.2 Å². The molecule has 0 spiro atoms. The van der Waals surface area contributed by atoms with Gasteiger partial charge in [0, 0.05) is 33.0 Å². The molecule has 21 heavy (non-hydrogen) atoms. The standard InChI is InChI=1S/C15H19N3O2S/c1-19-9-8-16-7-6-14-17-18-15(21-14)13-10-11-4-2-3-5-12(11)20-13/h2-5,13,16H,6-10H2,1H3. The summed E-state index contributed by atoms with van der Waals surface area (Å²) in [6.07, 6.45) is 1.80. The summed E-state index contributed by atoms with van der Waals surface area (Å²) in [5, 5.41) is 13.9. The Hall–Kier alpha value is -1.50. The zero-order chi connectivity index (χ0) is 14.5. The van der Waals surface area contributed by atoms with Gasteiger partial charge in [0.15, 0.2) is 11.1 Å². The van der Waals surface area contributed by atoms with Crippen LogP contribution in [0.5, 0.6) is 5.75 Å². The van der Waals surface area contributed by atoms with Gasteiger partial charge in [-0.2, -0.15) is 0 Å². The molecule has 0 amide bonds. The third kappa shape index (κ3) is 3.58. The second-order valence-corrected chi connectivity index (χ2v) is 6.04. The molecule has 6 heteroatoms. The highest BCUT2D eigenvalue weighted by atomic mass is 32.1. The van der Waals surface area contributed by atoms with Crippen LogP contribution in [0, 0.1) is 0 Å². The molecule has 1 atom stereocenters. The molecule has 2 aromatic rings. The number of para-hydroxylation sites is 1. The fourth-order valence-electron chi connectivity index (χ4n) is 2.31. The van der Waals surface area contributed by atoms with Gasteiger partial charge in [-0.25, -0.2) is 0 Å². The molecule has 0 saturated heterocycles. The molecule has 0 radical (unpaired) electrons. The number of ether oxygens (including phenoxy) is 2. The van der Waals surface area contributed by atoms with E-state index in [0.29, 0.717) is 0 Å². The lowest BCUT2D eigenvalue weighted by atomic mass is 10.1. The number of benzene rings is 1. The van der Waals surface area contributed by atoms with Crippen LogP contribution in [0.3, 0.4) is 0 Å². The number of hydrogen-bond acceptors (Lipinski definition) is 6. The van der Waals surface area contributed by atoms with Gasteiger partial charge in [0.05, 0.1) is 6.61 Å². The molecule has 0 saturated carbocycles. The highest BCUT2D eigenvalue weighted by Crippen LogP contribution is 2.37. The van der Waals surface area contributed by atoms with Crippen LogP contribution in [-0.4, -0.2) is 37.0 Å². The van der Waals surface area contributed by atoms with Crippen LogP contribution < -0.4 is 10.1 Å². The number of fused-ring (bicyclic) bond motifs is 1. The Morgan fingerprint density at radius 3 is 3.10 bits per heavy atom. The SMILES string of the molecule is COCCNCCc1nnc(C2Cc3ccccc3O2)s1. The Labute approximate surface area is 128 Å². The van der Waals surface area contributed by atoms with Crippen LogP contribution in [0.4, 0.5) is 0 Å². The van der Waals surface area contributed by atoms with E-state index in [2.05, 4.69) is 21.6 Å². The first kappa shape index (κ1) is 14.4. The third-order valence-electron chi connectivity index (χ3n) is 3.40. The molecule has 0 fully saturated rings. The van der Waals surface area contributed by atoms with Crippen LogP contribution >= 0.6 is 11.3 Å². The van der Waals surface area contributed by atoms with Gasteiger partial charge in [0.1, 0.15) is 10.8 Å². The van der Waals surface area contributed by atoms with E-state index in [1.54, 1.807) is 18.4 Å². The molecule has 1 unspecified atom stereocenters. The van der Waals surface area contributed by atoms with Gasteiger partial charge in [-0.3, -0.25) is 0 Å². The zero-order valence-corrected chi connectivity index (χ0v) is 12.9. The van der Waals surface area contributed by atoms with Crippen molar-refractivity contribution in [3.63, 3.8) is 0 Å².